The summed E-state index contributed by atoms with van der Waals surface area (Å²) in [5, 5.41) is 3.14. The Bertz CT molecular complexity index is 693. The molecule has 1 atom stereocenters. The number of rotatable bonds is 6. The second kappa shape index (κ2) is 8.28. The summed E-state index contributed by atoms with van der Waals surface area (Å²) in [4.78, 5) is 12.6. The second-order valence-corrected chi connectivity index (χ2v) is 7.33. The lowest BCUT2D eigenvalue weighted by Gasteiger charge is -2.21. The summed E-state index contributed by atoms with van der Waals surface area (Å²) in [5.41, 5.74) is 4.24. The van der Waals surface area contributed by atoms with Crippen LogP contribution in [0.3, 0.4) is 0 Å². The molecule has 0 aliphatic heterocycles. The quantitative estimate of drug-likeness (QED) is 0.665. The van der Waals surface area contributed by atoms with E-state index in [9.17, 15) is 9.18 Å². The van der Waals surface area contributed by atoms with Gasteiger partial charge in [0.05, 0.1) is 0 Å². The lowest BCUT2D eigenvalue weighted by atomic mass is 9.92. The van der Waals surface area contributed by atoms with Crippen LogP contribution < -0.4 is 5.32 Å². The van der Waals surface area contributed by atoms with Gasteiger partial charge in [-0.25, -0.2) is 4.39 Å². The average Bonchev–Trinajstić information content (AvgIpc) is 2.54. The Hall–Kier alpha value is -2.16. The topological polar surface area (TPSA) is 29.1 Å². The van der Waals surface area contributed by atoms with E-state index in [0.29, 0.717) is 18.3 Å². The summed E-state index contributed by atoms with van der Waals surface area (Å²) in [7, 11) is 0. The summed E-state index contributed by atoms with van der Waals surface area (Å²) in [5.74, 6) is 0.445. The van der Waals surface area contributed by atoms with Crippen LogP contribution in [0.25, 0.3) is 0 Å². The molecule has 1 amide bonds. The van der Waals surface area contributed by atoms with Crippen molar-refractivity contribution in [1.29, 1.82) is 0 Å². The van der Waals surface area contributed by atoms with E-state index < -0.39 is 0 Å². The molecule has 2 aromatic carbocycles. The maximum atomic E-state index is 13.1. The molecule has 2 rings (SSSR count). The van der Waals surface area contributed by atoms with Crippen molar-refractivity contribution < 1.29 is 9.18 Å². The van der Waals surface area contributed by atoms with Gasteiger partial charge < -0.3 is 5.32 Å². The highest BCUT2D eigenvalue weighted by atomic mass is 19.1. The third-order valence-corrected chi connectivity index (χ3v) is 4.57. The fourth-order valence-electron chi connectivity index (χ4n) is 3.07. The van der Waals surface area contributed by atoms with E-state index in [-0.39, 0.29) is 17.6 Å². The number of halogens is 1. The Morgan fingerprint density at radius 3 is 1.92 bits per heavy atom. The van der Waals surface area contributed by atoms with Crippen molar-refractivity contribution in [2.45, 2.75) is 58.8 Å². The molecule has 0 bridgehead atoms. The highest BCUT2D eigenvalue weighted by Crippen LogP contribution is 2.33. The highest BCUT2D eigenvalue weighted by Gasteiger charge is 2.17. The number of amides is 1. The molecule has 2 nitrogen and oxygen atoms in total. The van der Waals surface area contributed by atoms with E-state index >= 15 is 0 Å². The lowest BCUT2D eigenvalue weighted by Crippen LogP contribution is -2.17. The molecule has 0 fully saturated rings. The number of hydrogen-bond donors (Lipinski definition) is 1. The van der Waals surface area contributed by atoms with Crippen LogP contribution in [0.2, 0.25) is 0 Å². The second-order valence-electron chi connectivity index (χ2n) is 7.33. The summed E-state index contributed by atoms with van der Waals surface area (Å²) in [6.07, 6.45) is 0.371. The molecule has 1 N–H and O–H groups in total. The normalized spacial score (nSPS) is 12.5. The van der Waals surface area contributed by atoms with Gasteiger partial charge >= 0.3 is 0 Å². The van der Waals surface area contributed by atoms with E-state index in [2.05, 4.69) is 51.2 Å². The maximum absolute atomic E-state index is 13.1. The van der Waals surface area contributed by atoms with Crippen LogP contribution in [0.5, 0.6) is 0 Å². The minimum atomic E-state index is -0.257. The molecule has 0 heterocycles. The van der Waals surface area contributed by atoms with Gasteiger partial charge in [-0.2, -0.15) is 0 Å². The fourth-order valence-corrected chi connectivity index (χ4v) is 3.07. The molecule has 0 saturated carbocycles. The Labute approximate surface area is 150 Å². The van der Waals surface area contributed by atoms with Crippen molar-refractivity contribution >= 4 is 11.6 Å². The molecule has 0 aliphatic rings. The van der Waals surface area contributed by atoms with Crippen LogP contribution in [0.1, 0.15) is 75.5 Å². The van der Waals surface area contributed by atoms with Gasteiger partial charge in [-0.05, 0) is 46.6 Å². The Balaban J connectivity index is 2.18. The Kier molecular flexibility index (Phi) is 6.35. The van der Waals surface area contributed by atoms with E-state index in [1.54, 1.807) is 12.1 Å². The van der Waals surface area contributed by atoms with Gasteiger partial charge in [-0.3, -0.25) is 4.79 Å². The predicted molar refractivity (Wildman–Crippen MR) is 103 cm³/mol. The van der Waals surface area contributed by atoms with Crippen LogP contribution in [-0.2, 0) is 4.79 Å². The number of anilines is 1. The predicted octanol–water partition coefficient (Wildman–Crippen LogP) is 6.20. The van der Waals surface area contributed by atoms with Crippen molar-refractivity contribution in [3.8, 4) is 0 Å². The Morgan fingerprint density at radius 1 is 0.920 bits per heavy atom. The molecule has 0 radical (unpaired) electrons. The van der Waals surface area contributed by atoms with Crippen molar-refractivity contribution in [2.24, 2.45) is 0 Å². The van der Waals surface area contributed by atoms with E-state index in [0.717, 1.165) is 22.4 Å². The molecule has 0 saturated heterocycles. The van der Waals surface area contributed by atoms with Gasteiger partial charge in [0.2, 0.25) is 5.91 Å². The van der Waals surface area contributed by atoms with E-state index in [4.69, 9.17) is 0 Å². The minimum Gasteiger partial charge on any atom is -0.326 e. The zero-order chi connectivity index (χ0) is 18.6. The zero-order valence-electron chi connectivity index (χ0n) is 15.8. The molecular formula is C22H28FNO. The van der Waals surface area contributed by atoms with E-state index in [1.807, 2.05) is 6.92 Å². The summed E-state index contributed by atoms with van der Waals surface area (Å²) >= 11 is 0. The van der Waals surface area contributed by atoms with Gasteiger partial charge in [-0.1, -0.05) is 65.0 Å². The maximum Gasteiger partial charge on any atom is 0.224 e. The van der Waals surface area contributed by atoms with Gasteiger partial charge in [0.25, 0.3) is 0 Å². The van der Waals surface area contributed by atoms with Crippen LogP contribution >= 0.6 is 0 Å². The summed E-state index contributed by atoms with van der Waals surface area (Å²) < 4.78 is 13.1. The van der Waals surface area contributed by atoms with Crippen LogP contribution in [0.4, 0.5) is 10.1 Å². The largest absolute Gasteiger partial charge is 0.326 e. The molecule has 3 heteroatoms. The van der Waals surface area contributed by atoms with Crippen LogP contribution in [-0.4, -0.2) is 5.91 Å². The monoisotopic (exact) mass is 341 g/mol. The van der Waals surface area contributed by atoms with Crippen molar-refractivity contribution in [3.63, 3.8) is 0 Å². The number of carbonyl (C=O) groups is 1. The number of nitrogens with one attached hydrogen (secondary N) is 1. The molecule has 2 aromatic rings. The third-order valence-electron chi connectivity index (χ3n) is 4.57. The first-order valence-electron chi connectivity index (χ1n) is 8.97. The van der Waals surface area contributed by atoms with Gasteiger partial charge in [-0.15, -0.1) is 0 Å². The molecule has 0 aromatic heterocycles. The first kappa shape index (κ1) is 19.2. The van der Waals surface area contributed by atoms with Gasteiger partial charge in [0, 0.05) is 12.1 Å². The Morgan fingerprint density at radius 2 is 1.44 bits per heavy atom. The first-order valence-corrected chi connectivity index (χ1v) is 8.97. The molecule has 25 heavy (non-hydrogen) atoms. The molecule has 0 spiro atoms. The number of para-hydroxylation sites is 1. The van der Waals surface area contributed by atoms with Gasteiger partial charge in [0.15, 0.2) is 0 Å². The summed E-state index contributed by atoms with van der Waals surface area (Å²) in [6, 6.07) is 12.6. The average molecular weight is 341 g/mol. The minimum absolute atomic E-state index is 0.00757. The smallest absolute Gasteiger partial charge is 0.224 e. The SMILES string of the molecule is CC(C)c1cccc(C(C)C)c1NC(=O)CC(C)c1ccc(F)cc1. The van der Waals surface area contributed by atoms with Crippen LogP contribution in [0, 0.1) is 5.82 Å². The highest BCUT2D eigenvalue weighted by molar-refractivity contribution is 5.93. The number of carbonyl (C=O) groups excluding carboxylic acids is 1. The van der Waals surface area contributed by atoms with Crippen molar-refractivity contribution in [2.75, 3.05) is 5.32 Å². The van der Waals surface area contributed by atoms with Crippen LogP contribution in [0.15, 0.2) is 42.5 Å². The lowest BCUT2D eigenvalue weighted by molar-refractivity contribution is -0.116. The zero-order valence-corrected chi connectivity index (χ0v) is 15.8. The molecule has 134 valence electrons. The first-order chi connectivity index (χ1) is 11.8. The molecule has 1 unspecified atom stereocenters. The van der Waals surface area contributed by atoms with Crippen molar-refractivity contribution in [3.05, 3.63) is 65.0 Å². The molecule has 0 aliphatic carbocycles. The van der Waals surface area contributed by atoms with Crippen molar-refractivity contribution in [1.82, 2.24) is 0 Å². The van der Waals surface area contributed by atoms with Gasteiger partial charge in [0.1, 0.15) is 5.82 Å². The standard InChI is InChI=1S/C22H28FNO/c1-14(2)19-7-6-8-20(15(3)4)22(19)24-21(25)13-16(5)17-9-11-18(23)12-10-17/h6-12,14-16H,13H2,1-5H3,(H,24,25). The number of benzene rings is 2. The summed E-state index contributed by atoms with van der Waals surface area (Å²) in [6.45, 7) is 10.5. The number of hydrogen-bond acceptors (Lipinski definition) is 1. The fraction of sp³-hybridized carbons (Fsp3) is 0.409. The van der Waals surface area contributed by atoms with E-state index in [1.165, 1.54) is 12.1 Å². The molecular weight excluding hydrogens is 313 g/mol. The third kappa shape index (κ3) is 4.91.